The quantitative estimate of drug-likeness (QED) is 0.576. The molecule has 0 radical (unpaired) electrons. The van der Waals surface area contributed by atoms with Crippen molar-refractivity contribution in [3.05, 3.63) is 0 Å². The second-order valence-corrected chi connectivity index (χ2v) is 3.97. The van der Waals surface area contributed by atoms with Crippen molar-refractivity contribution in [1.29, 1.82) is 0 Å². The molecule has 0 rings (SSSR count). The fourth-order valence-electron chi connectivity index (χ4n) is 1.11. The van der Waals surface area contributed by atoms with Gasteiger partial charge in [0.2, 0.25) is 0 Å². The van der Waals surface area contributed by atoms with Crippen molar-refractivity contribution in [2.75, 3.05) is 19.8 Å². The number of unbranched alkanes of at least 4 members (excludes halogenated alkanes) is 1. The largest absolute Gasteiger partial charge is 0.480 e. The molecule has 1 atom stereocenters. The van der Waals surface area contributed by atoms with E-state index in [0.717, 1.165) is 19.3 Å². The average Bonchev–Trinajstić information content (AvgIpc) is 2.21. The lowest BCUT2D eigenvalue weighted by Gasteiger charge is -2.25. The summed E-state index contributed by atoms with van der Waals surface area (Å²) in [6, 6.07) is 0. The minimum Gasteiger partial charge on any atom is -0.480 e. The maximum Gasteiger partial charge on any atom is 0.326 e. The molecule has 0 aliphatic rings. The number of carbonyl (C=O) groups is 1. The van der Waals surface area contributed by atoms with Gasteiger partial charge in [0.25, 0.3) is 0 Å². The van der Waals surface area contributed by atoms with Crippen molar-refractivity contribution >= 4 is 5.97 Å². The molecule has 4 nitrogen and oxygen atoms in total. The van der Waals surface area contributed by atoms with Crippen LogP contribution in [0.2, 0.25) is 0 Å². The smallest absolute Gasteiger partial charge is 0.326 e. The van der Waals surface area contributed by atoms with Gasteiger partial charge >= 0.3 is 5.97 Å². The highest BCUT2D eigenvalue weighted by Gasteiger charge is 2.32. The first kappa shape index (κ1) is 14.4. The topological polar surface area (TPSA) is 58.6 Å². The molecule has 0 aliphatic heterocycles. The Bertz CT molecular complexity index is 185. The van der Waals surface area contributed by atoms with Crippen molar-refractivity contribution in [2.45, 2.75) is 45.6 Å². The fraction of sp³-hybridized carbons (Fsp3) is 0.909. The average molecular weight is 217 g/mol. The van der Waals surface area contributed by atoms with Gasteiger partial charge in [0.05, 0.1) is 6.61 Å². The van der Waals surface area contributed by atoms with E-state index in [-0.39, 0.29) is 6.61 Å². The summed E-state index contributed by atoms with van der Waals surface area (Å²) in [5.74, 6) is -0.854. The summed E-state index contributed by atoms with van der Waals surface area (Å²) in [4.78, 5) is 11.0. The van der Waals surface area contributed by atoms with E-state index in [4.69, 9.17) is 9.84 Å². The molecule has 15 heavy (non-hydrogen) atoms. The van der Waals surface area contributed by atoms with Crippen LogP contribution in [0.4, 0.5) is 0 Å². The lowest BCUT2D eigenvalue weighted by Crippen LogP contribution is -2.53. The molecule has 0 bridgehead atoms. The Hall–Kier alpha value is -0.610. The summed E-state index contributed by atoms with van der Waals surface area (Å²) in [6.45, 7) is 7.30. The number of hydrogen-bond acceptors (Lipinski definition) is 3. The number of aliphatic carboxylic acids is 1. The van der Waals surface area contributed by atoms with Gasteiger partial charge in [-0.15, -0.1) is 0 Å². The normalized spacial score (nSPS) is 14.9. The molecule has 0 fully saturated rings. The van der Waals surface area contributed by atoms with E-state index in [0.29, 0.717) is 13.2 Å². The summed E-state index contributed by atoms with van der Waals surface area (Å²) in [7, 11) is 0. The lowest BCUT2D eigenvalue weighted by atomic mass is 10.0. The lowest BCUT2D eigenvalue weighted by molar-refractivity contribution is -0.146. The SMILES string of the molecule is CCCCOCC(C)(NCCC)C(=O)O. The molecule has 90 valence electrons. The van der Waals surface area contributed by atoms with Crippen LogP contribution in [0.1, 0.15) is 40.0 Å². The van der Waals surface area contributed by atoms with E-state index in [9.17, 15) is 4.79 Å². The molecule has 0 amide bonds. The second kappa shape index (κ2) is 7.65. The summed E-state index contributed by atoms with van der Waals surface area (Å²) in [5.41, 5.74) is -0.955. The van der Waals surface area contributed by atoms with Crippen molar-refractivity contribution < 1.29 is 14.6 Å². The van der Waals surface area contributed by atoms with Crippen LogP contribution >= 0.6 is 0 Å². The minimum atomic E-state index is -0.955. The van der Waals surface area contributed by atoms with Gasteiger partial charge in [0.1, 0.15) is 5.54 Å². The van der Waals surface area contributed by atoms with Gasteiger partial charge in [-0.3, -0.25) is 4.79 Å². The zero-order chi connectivity index (χ0) is 11.7. The molecule has 2 N–H and O–H groups in total. The number of rotatable bonds is 9. The first-order valence-corrected chi connectivity index (χ1v) is 5.63. The zero-order valence-electron chi connectivity index (χ0n) is 10.0. The summed E-state index contributed by atoms with van der Waals surface area (Å²) in [6.07, 6.45) is 2.95. The van der Waals surface area contributed by atoms with Crippen LogP contribution in [0.5, 0.6) is 0 Å². The molecular formula is C11H23NO3. The molecule has 0 spiro atoms. The Morgan fingerprint density at radius 2 is 2.07 bits per heavy atom. The summed E-state index contributed by atoms with van der Waals surface area (Å²) >= 11 is 0. The Morgan fingerprint density at radius 1 is 1.40 bits per heavy atom. The molecule has 1 unspecified atom stereocenters. The van der Waals surface area contributed by atoms with Gasteiger partial charge in [0, 0.05) is 6.61 Å². The highest BCUT2D eigenvalue weighted by Crippen LogP contribution is 2.05. The predicted molar refractivity (Wildman–Crippen MR) is 60.1 cm³/mol. The number of carboxylic acids is 1. The van der Waals surface area contributed by atoms with E-state index >= 15 is 0 Å². The highest BCUT2D eigenvalue weighted by atomic mass is 16.5. The van der Waals surface area contributed by atoms with Gasteiger partial charge in [-0.2, -0.15) is 0 Å². The molecule has 0 aliphatic carbocycles. The van der Waals surface area contributed by atoms with E-state index < -0.39 is 11.5 Å². The van der Waals surface area contributed by atoms with Gasteiger partial charge in [-0.05, 0) is 26.3 Å². The molecule has 0 heterocycles. The maximum absolute atomic E-state index is 11.0. The fourth-order valence-corrected chi connectivity index (χ4v) is 1.11. The number of hydrogen-bond donors (Lipinski definition) is 2. The molecule has 4 heteroatoms. The molecule has 0 saturated heterocycles. The molecule has 0 aromatic carbocycles. The third kappa shape index (κ3) is 5.74. The third-order valence-corrected chi connectivity index (χ3v) is 2.27. The van der Waals surface area contributed by atoms with Crippen molar-refractivity contribution in [2.24, 2.45) is 0 Å². The van der Waals surface area contributed by atoms with Crippen molar-refractivity contribution in [3.8, 4) is 0 Å². The molecule has 0 saturated carbocycles. The van der Waals surface area contributed by atoms with Crippen LogP contribution in [-0.2, 0) is 9.53 Å². The highest BCUT2D eigenvalue weighted by molar-refractivity contribution is 5.78. The van der Waals surface area contributed by atoms with Gasteiger partial charge in [0.15, 0.2) is 0 Å². The first-order valence-electron chi connectivity index (χ1n) is 5.63. The Balaban J connectivity index is 3.96. The van der Waals surface area contributed by atoms with Gasteiger partial charge in [-0.1, -0.05) is 20.3 Å². The van der Waals surface area contributed by atoms with Crippen molar-refractivity contribution in [1.82, 2.24) is 5.32 Å². The summed E-state index contributed by atoms with van der Waals surface area (Å²) in [5, 5.41) is 12.1. The van der Waals surface area contributed by atoms with Gasteiger partial charge in [-0.25, -0.2) is 0 Å². The van der Waals surface area contributed by atoms with Crippen molar-refractivity contribution in [3.63, 3.8) is 0 Å². The van der Waals surface area contributed by atoms with Crippen LogP contribution in [0.25, 0.3) is 0 Å². The predicted octanol–water partition coefficient (Wildman–Crippen LogP) is 1.65. The zero-order valence-corrected chi connectivity index (χ0v) is 10.0. The maximum atomic E-state index is 11.0. The van der Waals surface area contributed by atoms with Crippen LogP contribution < -0.4 is 5.32 Å². The molecule has 0 aromatic heterocycles. The van der Waals surface area contributed by atoms with Gasteiger partial charge < -0.3 is 15.2 Å². The Morgan fingerprint density at radius 3 is 2.53 bits per heavy atom. The first-order chi connectivity index (χ1) is 7.06. The van der Waals surface area contributed by atoms with Crippen LogP contribution in [0, 0.1) is 0 Å². The monoisotopic (exact) mass is 217 g/mol. The van der Waals surface area contributed by atoms with Crippen LogP contribution in [-0.4, -0.2) is 36.4 Å². The van der Waals surface area contributed by atoms with Crippen LogP contribution in [0.15, 0.2) is 0 Å². The van der Waals surface area contributed by atoms with E-state index in [1.54, 1.807) is 6.92 Å². The molecular weight excluding hydrogens is 194 g/mol. The number of ether oxygens (including phenoxy) is 1. The number of carboxylic acid groups (broad SMARTS) is 1. The summed E-state index contributed by atoms with van der Waals surface area (Å²) < 4.78 is 5.35. The van der Waals surface area contributed by atoms with Crippen LogP contribution in [0.3, 0.4) is 0 Å². The Kier molecular flexibility index (Phi) is 7.34. The van der Waals surface area contributed by atoms with E-state index in [2.05, 4.69) is 12.2 Å². The minimum absolute atomic E-state index is 0.225. The molecule has 0 aromatic rings. The third-order valence-electron chi connectivity index (χ3n) is 2.27. The standard InChI is InChI=1S/C11H23NO3/c1-4-6-8-15-9-11(3,10(13)14)12-7-5-2/h12H,4-9H2,1-3H3,(H,13,14). The van der Waals surface area contributed by atoms with E-state index in [1.165, 1.54) is 0 Å². The number of nitrogens with one attached hydrogen (secondary N) is 1. The van der Waals surface area contributed by atoms with E-state index in [1.807, 2.05) is 6.92 Å². The Labute approximate surface area is 92.0 Å². The second-order valence-electron chi connectivity index (χ2n) is 3.97.